The van der Waals surface area contributed by atoms with E-state index < -0.39 is 10.8 Å². The van der Waals surface area contributed by atoms with Crippen LogP contribution in [0.3, 0.4) is 0 Å². The maximum Gasteiger partial charge on any atom is 0.312 e. The number of hydrogen-bond donors (Lipinski definition) is 1. The molecule has 0 spiro atoms. The van der Waals surface area contributed by atoms with Crippen LogP contribution < -0.4 is 5.43 Å². The van der Waals surface area contributed by atoms with Crippen LogP contribution in [0.4, 0.5) is 5.69 Å². The average molecular weight is 330 g/mol. The molecule has 2 aromatic heterocycles. The first-order chi connectivity index (χ1) is 11.4. The molecule has 1 amide bonds. The molecule has 9 nitrogen and oxygen atoms in total. The molecule has 0 saturated carbocycles. The SMILES string of the molecule is Cc1nn(C[C@@H](C)C(=O)N/N=C\c2ccncc2)c(C)c1[N+](=O)[O-]. The van der Waals surface area contributed by atoms with Gasteiger partial charge in [0.25, 0.3) is 0 Å². The first-order valence-electron chi connectivity index (χ1n) is 7.31. The Balaban J connectivity index is 1.98. The molecule has 0 bridgehead atoms. The van der Waals surface area contributed by atoms with E-state index in [-0.39, 0.29) is 18.1 Å². The lowest BCUT2D eigenvalue weighted by Crippen LogP contribution is -2.28. The number of aryl methyl sites for hydroxylation is 1. The minimum atomic E-state index is -0.460. The highest BCUT2D eigenvalue weighted by Crippen LogP contribution is 2.22. The largest absolute Gasteiger partial charge is 0.312 e. The molecule has 0 saturated heterocycles. The van der Waals surface area contributed by atoms with E-state index in [2.05, 4.69) is 20.6 Å². The maximum absolute atomic E-state index is 12.1. The van der Waals surface area contributed by atoms with E-state index in [4.69, 9.17) is 0 Å². The molecule has 0 radical (unpaired) electrons. The number of amides is 1. The van der Waals surface area contributed by atoms with Crippen LogP contribution in [-0.4, -0.2) is 31.8 Å². The van der Waals surface area contributed by atoms with E-state index in [1.165, 1.54) is 10.9 Å². The normalized spacial score (nSPS) is 12.3. The van der Waals surface area contributed by atoms with Crippen LogP contribution in [0.2, 0.25) is 0 Å². The van der Waals surface area contributed by atoms with Gasteiger partial charge in [-0.2, -0.15) is 10.2 Å². The fourth-order valence-corrected chi connectivity index (χ4v) is 2.20. The Hall–Kier alpha value is -3.10. The highest BCUT2D eigenvalue weighted by Gasteiger charge is 2.23. The van der Waals surface area contributed by atoms with Crippen LogP contribution in [0.5, 0.6) is 0 Å². The summed E-state index contributed by atoms with van der Waals surface area (Å²) in [5.41, 5.74) is 4.01. The predicted octanol–water partition coefficient (Wildman–Crippen LogP) is 1.59. The molecule has 126 valence electrons. The third kappa shape index (κ3) is 4.00. The number of hydrogen-bond acceptors (Lipinski definition) is 6. The minimum absolute atomic E-state index is 0.0154. The van der Waals surface area contributed by atoms with E-state index in [1.807, 2.05) is 0 Å². The summed E-state index contributed by atoms with van der Waals surface area (Å²) in [6.45, 7) is 5.13. The van der Waals surface area contributed by atoms with Crippen molar-refractivity contribution in [2.45, 2.75) is 27.3 Å². The van der Waals surface area contributed by atoms with Crippen LogP contribution in [0.1, 0.15) is 23.9 Å². The Labute approximate surface area is 138 Å². The molecule has 2 aromatic rings. The van der Waals surface area contributed by atoms with Crippen molar-refractivity contribution in [3.8, 4) is 0 Å². The van der Waals surface area contributed by atoms with E-state index in [0.29, 0.717) is 11.4 Å². The average Bonchev–Trinajstić information content (AvgIpc) is 2.82. The van der Waals surface area contributed by atoms with E-state index >= 15 is 0 Å². The Kier molecular flexibility index (Phi) is 5.35. The van der Waals surface area contributed by atoms with Gasteiger partial charge in [-0.25, -0.2) is 5.43 Å². The second kappa shape index (κ2) is 7.44. The number of pyridine rings is 1. The molecule has 0 aliphatic heterocycles. The van der Waals surface area contributed by atoms with Crippen LogP contribution in [0.25, 0.3) is 0 Å². The highest BCUT2D eigenvalue weighted by atomic mass is 16.6. The molecule has 0 unspecified atom stereocenters. The standard InChI is InChI=1S/C15H18N6O3/c1-10(9-20-12(3)14(21(23)24)11(2)19-20)15(22)18-17-8-13-4-6-16-7-5-13/h4-8,10H,9H2,1-3H3,(H,18,22)/b17-8-/t10-/m1/s1. The Bertz CT molecular complexity index is 769. The van der Waals surface area contributed by atoms with Crippen molar-refractivity contribution in [1.29, 1.82) is 0 Å². The monoisotopic (exact) mass is 330 g/mol. The summed E-state index contributed by atoms with van der Waals surface area (Å²) in [7, 11) is 0. The van der Waals surface area contributed by atoms with Crippen molar-refractivity contribution in [3.63, 3.8) is 0 Å². The molecule has 24 heavy (non-hydrogen) atoms. The molecular formula is C15H18N6O3. The number of carbonyl (C=O) groups is 1. The fourth-order valence-electron chi connectivity index (χ4n) is 2.20. The van der Waals surface area contributed by atoms with Gasteiger partial charge in [0, 0.05) is 12.4 Å². The number of hydrazone groups is 1. The summed E-state index contributed by atoms with van der Waals surface area (Å²) < 4.78 is 1.48. The van der Waals surface area contributed by atoms with Crippen molar-refractivity contribution >= 4 is 17.8 Å². The van der Waals surface area contributed by atoms with Gasteiger partial charge in [0.15, 0.2) is 0 Å². The number of nitro groups is 1. The number of rotatable bonds is 6. The van der Waals surface area contributed by atoms with Gasteiger partial charge in [-0.15, -0.1) is 0 Å². The van der Waals surface area contributed by atoms with Gasteiger partial charge < -0.3 is 0 Å². The number of nitrogens with one attached hydrogen (secondary N) is 1. The summed E-state index contributed by atoms with van der Waals surface area (Å²) in [6.07, 6.45) is 4.77. The van der Waals surface area contributed by atoms with Gasteiger partial charge in [0.1, 0.15) is 11.4 Å². The summed E-state index contributed by atoms with van der Waals surface area (Å²) in [5.74, 6) is -0.743. The van der Waals surface area contributed by atoms with Gasteiger partial charge in [0.05, 0.1) is 23.6 Å². The molecule has 0 aliphatic carbocycles. The molecule has 0 aliphatic rings. The third-order valence-corrected chi connectivity index (χ3v) is 3.51. The zero-order valence-electron chi connectivity index (χ0n) is 13.6. The lowest BCUT2D eigenvalue weighted by Gasteiger charge is -2.10. The fraction of sp³-hybridized carbons (Fsp3) is 0.333. The lowest BCUT2D eigenvalue weighted by molar-refractivity contribution is -0.386. The number of aromatic nitrogens is 3. The van der Waals surface area contributed by atoms with Crippen molar-refractivity contribution in [2.24, 2.45) is 11.0 Å². The predicted molar refractivity (Wildman–Crippen MR) is 87.5 cm³/mol. The summed E-state index contributed by atoms with van der Waals surface area (Å²) >= 11 is 0. The van der Waals surface area contributed by atoms with E-state index in [1.54, 1.807) is 45.3 Å². The van der Waals surface area contributed by atoms with Gasteiger partial charge in [-0.05, 0) is 31.5 Å². The summed E-state index contributed by atoms with van der Waals surface area (Å²) in [5, 5.41) is 19.0. The summed E-state index contributed by atoms with van der Waals surface area (Å²) in [4.78, 5) is 26.5. The van der Waals surface area contributed by atoms with Crippen molar-refractivity contribution in [1.82, 2.24) is 20.2 Å². The third-order valence-electron chi connectivity index (χ3n) is 3.51. The van der Waals surface area contributed by atoms with Gasteiger partial charge in [0.2, 0.25) is 5.91 Å². The molecule has 1 atom stereocenters. The topological polar surface area (TPSA) is 115 Å². The first kappa shape index (κ1) is 17.3. The Morgan fingerprint density at radius 2 is 2.12 bits per heavy atom. The molecular weight excluding hydrogens is 312 g/mol. The zero-order chi connectivity index (χ0) is 17.7. The quantitative estimate of drug-likeness (QED) is 0.490. The second-order valence-electron chi connectivity index (χ2n) is 5.37. The van der Waals surface area contributed by atoms with Gasteiger partial charge in [-0.3, -0.25) is 24.6 Å². The minimum Gasteiger partial charge on any atom is -0.273 e. The molecule has 2 rings (SSSR count). The van der Waals surface area contributed by atoms with Crippen molar-refractivity contribution < 1.29 is 9.72 Å². The molecule has 0 aromatic carbocycles. The van der Waals surface area contributed by atoms with E-state index in [0.717, 1.165) is 5.56 Å². The smallest absolute Gasteiger partial charge is 0.273 e. The number of nitrogens with zero attached hydrogens (tertiary/aromatic N) is 5. The second-order valence-corrected chi connectivity index (χ2v) is 5.37. The lowest BCUT2D eigenvalue weighted by atomic mass is 10.1. The Morgan fingerprint density at radius 1 is 1.46 bits per heavy atom. The maximum atomic E-state index is 12.1. The van der Waals surface area contributed by atoms with E-state index in [9.17, 15) is 14.9 Å². The van der Waals surface area contributed by atoms with Crippen LogP contribution >= 0.6 is 0 Å². The molecule has 0 fully saturated rings. The molecule has 1 N–H and O–H groups in total. The molecule has 9 heteroatoms. The molecule has 2 heterocycles. The van der Waals surface area contributed by atoms with Crippen LogP contribution in [-0.2, 0) is 11.3 Å². The summed E-state index contributed by atoms with van der Waals surface area (Å²) in [6, 6.07) is 3.52. The van der Waals surface area contributed by atoms with Crippen molar-refractivity contribution in [2.75, 3.05) is 0 Å². The van der Waals surface area contributed by atoms with Crippen LogP contribution in [0.15, 0.2) is 29.6 Å². The number of carbonyl (C=O) groups excluding carboxylic acids is 1. The van der Waals surface area contributed by atoms with Gasteiger partial charge >= 0.3 is 5.69 Å². The van der Waals surface area contributed by atoms with Crippen molar-refractivity contribution in [3.05, 3.63) is 51.6 Å². The van der Waals surface area contributed by atoms with Crippen LogP contribution in [0, 0.1) is 29.9 Å². The Morgan fingerprint density at radius 3 is 2.71 bits per heavy atom. The first-order valence-corrected chi connectivity index (χ1v) is 7.31. The van der Waals surface area contributed by atoms with Gasteiger partial charge in [-0.1, -0.05) is 6.92 Å². The zero-order valence-corrected chi connectivity index (χ0v) is 13.6. The highest BCUT2D eigenvalue weighted by molar-refractivity contribution is 5.82.